The van der Waals surface area contributed by atoms with E-state index in [1.807, 2.05) is 24.3 Å². The van der Waals surface area contributed by atoms with Gasteiger partial charge < -0.3 is 9.47 Å². The summed E-state index contributed by atoms with van der Waals surface area (Å²) in [5.74, 6) is -0.294. The Hall–Kier alpha value is -1.35. The van der Waals surface area contributed by atoms with Crippen LogP contribution in [0.15, 0.2) is 24.3 Å². The molecule has 1 aliphatic rings. The van der Waals surface area contributed by atoms with Crippen molar-refractivity contribution < 1.29 is 14.3 Å². The second-order valence-corrected chi connectivity index (χ2v) is 6.02. The third-order valence-electron chi connectivity index (χ3n) is 4.16. The molecule has 1 aromatic rings. The monoisotopic (exact) mass is 276 g/mol. The van der Waals surface area contributed by atoms with Crippen molar-refractivity contribution >= 4 is 5.97 Å². The van der Waals surface area contributed by atoms with Crippen LogP contribution in [-0.2, 0) is 14.9 Å². The molecule has 110 valence electrons. The Morgan fingerprint density at radius 3 is 2.55 bits per heavy atom. The number of rotatable bonds is 4. The van der Waals surface area contributed by atoms with Crippen LogP contribution in [0.4, 0.5) is 0 Å². The van der Waals surface area contributed by atoms with Crippen molar-refractivity contribution in [3.63, 3.8) is 0 Å². The molecule has 2 rings (SSSR count). The van der Waals surface area contributed by atoms with E-state index in [0.717, 1.165) is 25.7 Å². The standard InChI is InChI=1S/C17H24O3/c1-4-17(2,3)14-10-8-13(9-11-14)16(18)20-15-7-5-6-12-19-15/h8-11,15H,4-7,12H2,1-3H3. The number of ether oxygens (including phenoxy) is 2. The van der Waals surface area contributed by atoms with Crippen molar-refractivity contribution in [2.75, 3.05) is 6.61 Å². The minimum Gasteiger partial charge on any atom is -0.432 e. The second-order valence-electron chi connectivity index (χ2n) is 6.02. The second kappa shape index (κ2) is 6.40. The molecule has 1 heterocycles. The number of hydrogen-bond acceptors (Lipinski definition) is 3. The van der Waals surface area contributed by atoms with Crippen LogP contribution in [-0.4, -0.2) is 18.9 Å². The first kappa shape index (κ1) is 15.0. The van der Waals surface area contributed by atoms with E-state index in [9.17, 15) is 4.79 Å². The molecule has 1 atom stereocenters. The molecule has 0 amide bonds. The molecule has 0 aliphatic carbocycles. The molecule has 0 radical (unpaired) electrons. The fourth-order valence-electron chi connectivity index (χ4n) is 2.25. The summed E-state index contributed by atoms with van der Waals surface area (Å²) in [4.78, 5) is 12.0. The highest BCUT2D eigenvalue weighted by Crippen LogP contribution is 2.27. The van der Waals surface area contributed by atoms with Gasteiger partial charge in [-0.05, 0) is 42.4 Å². The first-order valence-corrected chi connectivity index (χ1v) is 7.46. The normalized spacial score (nSPS) is 19.6. The van der Waals surface area contributed by atoms with Crippen LogP contribution in [0.2, 0.25) is 0 Å². The zero-order valence-electron chi connectivity index (χ0n) is 12.6. The van der Waals surface area contributed by atoms with Gasteiger partial charge in [0.2, 0.25) is 6.29 Å². The Balaban J connectivity index is 2.00. The lowest BCUT2D eigenvalue weighted by Crippen LogP contribution is -2.25. The van der Waals surface area contributed by atoms with E-state index in [0.29, 0.717) is 12.2 Å². The highest BCUT2D eigenvalue weighted by Gasteiger charge is 2.21. The average Bonchev–Trinajstić information content (AvgIpc) is 2.48. The predicted molar refractivity (Wildman–Crippen MR) is 78.8 cm³/mol. The van der Waals surface area contributed by atoms with E-state index in [1.165, 1.54) is 5.56 Å². The molecule has 1 aromatic carbocycles. The number of carbonyl (C=O) groups excluding carboxylic acids is 1. The van der Waals surface area contributed by atoms with Crippen LogP contribution in [0.25, 0.3) is 0 Å². The number of hydrogen-bond donors (Lipinski definition) is 0. The van der Waals surface area contributed by atoms with Crippen molar-refractivity contribution in [3.8, 4) is 0 Å². The van der Waals surface area contributed by atoms with Gasteiger partial charge in [-0.25, -0.2) is 4.79 Å². The molecule has 1 aliphatic heterocycles. The molecule has 1 saturated heterocycles. The summed E-state index contributed by atoms with van der Waals surface area (Å²) in [6.45, 7) is 7.26. The Kier molecular flexibility index (Phi) is 4.81. The smallest absolute Gasteiger partial charge is 0.340 e. The van der Waals surface area contributed by atoms with Crippen LogP contribution >= 0.6 is 0 Å². The summed E-state index contributed by atoms with van der Waals surface area (Å²) in [6.07, 6.45) is 3.60. The molecule has 1 unspecified atom stereocenters. The van der Waals surface area contributed by atoms with E-state index in [1.54, 1.807) is 0 Å². The van der Waals surface area contributed by atoms with Crippen LogP contribution in [0.5, 0.6) is 0 Å². The summed E-state index contributed by atoms with van der Waals surface area (Å²) < 4.78 is 10.8. The summed E-state index contributed by atoms with van der Waals surface area (Å²) in [7, 11) is 0. The summed E-state index contributed by atoms with van der Waals surface area (Å²) in [5.41, 5.74) is 1.97. The largest absolute Gasteiger partial charge is 0.432 e. The Bertz CT molecular complexity index is 442. The number of benzene rings is 1. The van der Waals surface area contributed by atoms with E-state index < -0.39 is 0 Å². The highest BCUT2D eigenvalue weighted by atomic mass is 16.7. The maximum Gasteiger partial charge on any atom is 0.340 e. The zero-order valence-corrected chi connectivity index (χ0v) is 12.6. The minimum absolute atomic E-state index is 0.134. The van der Waals surface area contributed by atoms with Crippen LogP contribution in [0.3, 0.4) is 0 Å². The van der Waals surface area contributed by atoms with Gasteiger partial charge in [0, 0.05) is 6.42 Å². The van der Waals surface area contributed by atoms with E-state index in [2.05, 4.69) is 20.8 Å². The van der Waals surface area contributed by atoms with Gasteiger partial charge in [-0.3, -0.25) is 0 Å². The SMILES string of the molecule is CCC(C)(C)c1ccc(C(=O)OC2CCCCO2)cc1. The van der Waals surface area contributed by atoms with E-state index >= 15 is 0 Å². The molecule has 0 N–H and O–H groups in total. The quantitative estimate of drug-likeness (QED) is 0.778. The third kappa shape index (κ3) is 3.60. The molecular formula is C17H24O3. The fourth-order valence-corrected chi connectivity index (χ4v) is 2.25. The molecule has 0 aromatic heterocycles. The molecule has 0 spiro atoms. The maximum absolute atomic E-state index is 12.0. The van der Waals surface area contributed by atoms with Crippen LogP contribution < -0.4 is 0 Å². The lowest BCUT2D eigenvalue weighted by molar-refractivity contribution is -0.130. The van der Waals surface area contributed by atoms with Gasteiger partial charge in [0.25, 0.3) is 0 Å². The predicted octanol–water partition coefficient (Wildman–Crippen LogP) is 4.06. The van der Waals surface area contributed by atoms with Gasteiger partial charge in [-0.2, -0.15) is 0 Å². The van der Waals surface area contributed by atoms with Gasteiger partial charge in [-0.1, -0.05) is 32.9 Å². The maximum atomic E-state index is 12.0. The molecule has 1 fully saturated rings. The number of esters is 1. The third-order valence-corrected chi connectivity index (χ3v) is 4.16. The zero-order chi connectivity index (χ0) is 14.6. The van der Waals surface area contributed by atoms with Crippen LogP contribution in [0, 0.1) is 0 Å². The van der Waals surface area contributed by atoms with Gasteiger partial charge in [0.1, 0.15) is 0 Å². The first-order valence-electron chi connectivity index (χ1n) is 7.46. The highest BCUT2D eigenvalue weighted by molar-refractivity contribution is 5.89. The number of carbonyl (C=O) groups is 1. The van der Waals surface area contributed by atoms with Gasteiger partial charge >= 0.3 is 5.97 Å². The minimum atomic E-state index is -0.372. The Morgan fingerprint density at radius 2 is 2.00 bits per heavy atom. The molecule has 0 bridgehead atoms. The van der Waals surface area contributed by atoms with Crippen molar-refractivity contribution in [2.24, 2.45) is 0 Å². The topological polar surface area (TPSA) is 35.5 Å². The van der Waals surface area contributed by atoms with Crippen molar-refractivity contribution in [1.82, 2.24) is 0 Å². The van der Waals surface area contributed by atoms with Gasteiger partial charge in [0.15, 0.2) is 0 Å². The first-order chi connectivity index (χ1) is 9.53. The van der Waals surface area contributed by atoms with Gasteiger partial charge in [-0.15, -0.1) is 0 Å². The molecule has 0 saturated carbocycles. The van der Waals surface area contributed by atoms with Gasteiger partial charge in [0.05, 0.1) is 12.2 Å². The lowest BCUT2D eigenvalue weighted by Gasteiger charge is -2.24. The van der Waals surface area contributed by atoms with Crippen molar-refractivity contribution in [2.45, 2.75) is 58.2 Å². The fraction of sp³-hybridized carbons (Fsp3) is 0.588. The molecular weight excluding hydrogens is 252 g/mol. The average molecular weight is 276 g/mol. The summed E-state index contributed by atoms with van der Waals surface area (Å²) >= 11 is 0. The van der Waals surface area contributed by atoms with E-state index in [-0.39, 0.29) is 17.7 Å². The summed E-state index contributed by atoms with van der Waals surface area (Å²) in [5, 5.41) is 0. The Morgan fingerprint density at radius 1 is 1.30 bits per heavy atom. The summed E-state index contributed by atoms with van der Waals surface area (Å²) in [6, 6.07) is 7.72. The molecule has 3 heteroatoms. The van der Waals surface area contributed by atoms with Crippen molar-refractivity contribution in [3.05, 3.63) is 35.4 Å². The molecule has 3 nitrogen and oxygen atoms in total. The molecule has 20 heavy (non-hydrogen) atoms. The van der Waals surface area contributed by atoms with Crippen LogP contribution in [0.1, 0.15) is 62.4 Å². The van der Waals surface area contributed by atoms with Crippen molar-refractivity contribution in [1.29, 1.82) is 0 Å². The lowest BCUT2D eigenvalue weighted by atomic mass is 9.82. The van der Waals surface area contributed by atoms with E-state index in [4.69, 9.17) is 9.47 Å². The Labute approximate surface area is 121 Å².